The SMILES string of the molecule is COC(=O)c1ccc(CN(C)Cc2ccccc2F)cc1. The Kier molecular flexibility index (Phi) is 5.06. The number of methoxy groups -OCH3 is 1. The molecule has 0 aromatic heterocycles. The topological polar surface area (TPSA) is 29.5 Å². The molecule has 0 saturated carbocycles. The van der Waals surface area contributed by atoms with E-state index in [1.165, 1.54) is 13.2 Å². The number of hydrogen-bond donors (Lipinski definition) is 0. The monoisotopic (exact) mass is 287 g/mol. The van der Waals surface area contributed by atoms with Crippen molar-refractivity contribution in [2.75, 3.05) is 14.2 Å². The van der Waals surface area contributed by atoms with Crippen LogP contribution in [0.2, 0.25) is 0 Å². The predicted molar refractivity (Wildman–Crippen MR) is 79.4 cm³/mol. The number of halogens is 1. The Bertz CT molecular complexity index is 610. The first-order valence-electron chi connectivity index (χ1n) is 6.69. The normalized spacial score (nSPS) is 10.7. The Hall–Kier alpha value is -2.20. The lowest BCUT2D eigenvalue weighted by Crippen LogP contribution is -2.18. The van der Waals surface area contributed by atoms with E-state index in [0.717, 1.165) is 5.56 Å². The standard InChI is InChI=1S/C17H18FNO2/c1-19(12-15-5-3-4-6-16(15)18)11-13-7-9-14(10-8-13)17(20)21-2/h3-10H,11-12H2,1-2H3. The van der Waals surface area contributed by atoms with Crippen LogP contribution in [0, 0.1) is 5.82 Å². The number of benzene rings is 2. The van der Waals surface area contributed by atoms with Gasteiger partial charge in [0.15, 0.2) is 0 Å². The molecule has 0 aliphatic rings. The van der Waals surface area contributed by atoms with Gasteiger partial charge in [0.1, 0.15) is 5.82 Å². The summed E-state index contributed by atoms with van der Waals surface area (Å²) in [6.45, 7) is 1.21. The van der Waals surface area contributed by atoms with Crippen LogP contribution in [0.25, 0.3) is 0 Å². The summed E-state index contributed by atoms with van der Waals surface area (Å²) in [5.74, 6) is -0.536. The highest BCUT2D eigenvalue weighted by Crippen LogP contribution is 2.12. The summed E-state index contributed by atoms with van der Waals surface area (Å²) in [4.78, 5) is 13.4. The lowest BCUT2D eigenvalue weighted by atomic mass is 10.1. The van der Waals surface area contributed by atoms with E-state index < -0.39 is 0 Å². The molecule has 21 heavy (non-hydrogen) atoms. The fourth-order valence-corrected chi connectivity index (χ4v) is 2.15. The molecule has 0 radical (unpaired) electrons. The van der Waals surface area contributed by atoms with Crippen molar-refractivity contribution in [1.82, 2.24) is 4.90 Å². The van der Waals surface area contributed by atoms with Crippen molar-refractivity contribution in [3.63, 3.8) is 0 Å². The highest BCUT2D eigenvalue weighted by molar-refractivity contribution is 5.89. The zero-order chi connectivity index (χ0) is 15.2. The Balaban J connectivity index is 1.98. The molecular formula is C17H18FNO2. The summed E-state index contributed by atoms with van der Waals surface area (Å²) < 4.78 is 18.2. The van der Waals surface area contributed by atoms with Gasteiger partial charge in [0.25, 0.3) is 0 Å². The summed E-state index contributed by atoms with van der Waals surface area (Å²) in [5, 5.41) is 0. The third-order valence-electron chi connectivity index (χ3n) is 3.23. The summed E-state index contributed by atoms with van der Waals surface area (Å²) in [6.07, 6.45) is 0. The number of rotatable bonds is 5. The molecule has 0 aliphatic heterocycles. The van der Waals surface area contributed by atoms with E-state index in [2.05, 4.69) is 4.74 Å². The van der Waals surface area contributed by atoms with Crippen LogP contribution in [0.4, 0.5) is 4.39 Å². The van der Waals surface area contributed by atoms with Gasteiger partial charge in [-0.25, -0.2) is 9.18 Å². The lowest BCUT2D eigenvalue weighted by Gasteiger charge is -2.17. The molecule has 0 aliphatic carbocycles. The third-order valence-corrected chi connectivity index (χ3v) is 3.23. The first kappa shape index (κ1) is 15.2. The first-order chi connectivity index (χ1) is 10.1. The van der Waals surface area contributed by atoms with Crippen molar-refractivity contribution in [3.8, 4) is 0 Å². The van der Waals surface area contributed by atoms with Gasteiger partial charge >= 0.3 is 5.97 Å². The van der Waals surface area contributed by atoms with E-state index in [9.17, 15) is 9.18 Å². The number of carbonyl (C=O) groups is 1. The molecule has 0 amide bonds. The first-order valence-corrected chi connectivity index (χ1v) is 6.69. The molecule has 2 aromatic rings. The van der Waals surface area contributed by atoms with Gasteiger partial charge in [-0.05, 0) is 30.8 Å². The fraction of sp³-hybridized carbons (Fsp3) is 0.235. The number of esters is 1. The van der Waals surface area contributed by atoms with Crippen molar-refractivity contribution in [2.45, 2.75) is 13.1 Å². The summed E-state index contributed by atoms with van der Waals surface area (Å²) >= 11 is 0. The van der Waals surface area contributed by atoms with Crippen LogP contribution >= 0.6 is 0 Å². The summed E-state index contributed by atoms with van der Waals surface area (Å²) in [6, 6.07) is 14.0. The molecule has 0 spiro atoms. The predicted octanol–water partition coefficient (Wildman–Crippen LogP) is 3.24. The van der Waals surface area contributed by atoms with E-state index in [0.29, 0.717) is 24.2 Å². The maximum absolute atomic E-state index is 13.6. The Morgan fingerprint density at radius 2 is 1.76 bits per heavy atom. The van der Waals surface area contributed by atoms with Crippen LogP contribution in [0.3, 0.4) is 0 Å². The highest BCUT2D eigenvalue weighted by atomic mass is 19.1. The molecule has 0 saturated heterocycles. The van der Waals surface area contributed by atoms with Crippen molar-refractivity contribution in [1.29, 1.82) is 0 Å². The van der Waals surface area contributed by atoms with Crippen LogP contribution in [0.5, 0.6) is 0 Å². The molecule has 110 valence electrons. The minimum absolute atomic E-state index is 0.189. The van der Waals surface area contributed by atoms with Gasteiger partial charge in [0.05, 0.1) is 12.7 Å². The molecule has 0 heterocycles. The number of carbonyl (C=O) groups excluding carboxylic acids is 1. The van der Waals surface area contributed by atoms with Gasteiger partial charge in [0, 0.05) is 18.7 Å². The van der Waals surface area contributed by atoms with Crippen LogP contribution in [-0.4, -0.2) is 25.0 Å². The van der Waals surface area contributed by atoms with E-state index in [1.54, 1.807) is 24.3 Å². The maximum atomic E-state index is 13.6. The van der Waals surface area contributed by atoms with Crippen molar-refractivity contribution in [2.24, 2.45) is 0 Å². The van der Waals surface area contributed by atoms with Crippen LogP contribution < -0.4 is 0 Å². The average Bonchev–Trinajstić information content (AvgIpc) is 2.49. The minimum Gasteiger partial charge on any atom is -0.465 e. The van der Waals surface area contributed by atoms with Gasteiger partial charge in [0.2, 0.25) is 0 Å². The van der Waals surface area contributed by atoms with E-state index in [1.807, 2.05) is 30.1 Å². The van der Waals surface area contributed by atoms with Gasteiger partial charge < -0.3 is 4.74 Å². The molecule has 2 aromatic carbocycles. The molecule has 0 fully saturated rings. The molecule has 2 rings (SSSR count). The second kappa shape index (κ2) is 6.99. The molecule has 0 atom stereocenters. The number of ether oxygens (including phenoxy) is 1. The van der Waals surface area contributed by atoms with Gasteiger partial charge in [-0.2, -0.15) is 0 Å². The molecule has 3 nitrogen and oxygen atoms in total. The Labute approximate surface area is 124 Å². The smallest absolute Gasteiger partial charge is 0.337 e. The van der Waals surface area contributed by atoms with Crippen LogP contribution in [0.1, 0.15) is 21.5 Å². The largest absolute Gasteiger partial charge is 0.465 e. The van der Waals surface area contributed by atoms with Crippen molar-refractivity contribution in [3.05, 3.63) is 71.0 Å². The van der Waals surface area contributed by atoms with Gasteiger partial charge in [-0.3, -0.25) is 4.90 Å². The van der Waals surface area contributed by atoms with Crippen LogP contribution in [-0.2, 0) is 17.8 Å². The van der Waals surface area contributed by atoms with Crippen molar-refractivity contribution < 1.29 is 13.9 Å². The van der Waals surface area contributed by atoms with E-state index in [-0.39, 0.29) is 11.8 Å². The fourth-order valence-electron chi connectivity index (χ4n) is 2.15. The number of hydrogen-bond acceptors (Lipinski definition) is 3. The van der Waals surface area contributed by atoms with Crippen molar-refractivity contribution >= 4 is 5.97 Å². The lowest BCUT2D eigenvalue weighted by molar-refractivity contribution is 0.0600. The molecular weight excluding hydrogens is 269 g/mol. The Morgan fingerprint density at radius 1 is 1.10 bits per heavy atom. The zero-order valence-corrected chi connectivity index (χ0v) is 12.2. The zero-order valence-electron chi connectivity index (χ0n) is 12.2. The van der Waals surface area contributed by atoms with E-state index in [4.69, 9.17) is 0 Å². The minimum atomic E-state index is -0.346. The molecule has 0 N–H and O–H groups in total. The van der Waals surface area contributed by atoms with Crippen LogP contribution in [0.15, 0.2) is 48.5 Å². The molecule has 4 heteroatoms. The van der Waals surface area contributed by atoms with Gasteiger partial charge in [-0.1, -0.05) is 30.3 Å². The summed E-state index contributed by atoms with van der Waals surface area (Å²) in [7, 11) is 3.29. The van der Waals surface area contributed by atoms with Gasteiger partial charge in [-0.15, -0.1) is 0 Å². The Morgan fingerprint density at radius 3 is 2.38 bits per heavy atom. The average molecular weight is 287 g/mol. The second-order valence-corrected chi connectivity index (χ2v) is 4.95. The van der Waals surface area contributed by atoms with E-state index >= 15 is 0 Å². The third kappa shape index (κ3) is 4.13. The number of nitrogens with zero attached hydrogens (tertiary/aromatic N) is 1. The summed E-state index contributed by atoms with van der Waals surface area (Å²) in [5.41, 5.74) is 2.26. The maximum Gasteiger partial charge on any atom is 0.337 e. The quantitative estimate of drug-likeness (QED) is 0.791. The molecule has 0 unspecified atom stereocenters. The molecule has 0 bridgehead atoms. The highest BCUT2D eigenvalue weighted by Gasteiger charge is 2.07. The second-order valence-electron chi connectivity index (χ2n) is 4.95.